The molecule has 2 aliphatic rings. The van der Waals surface area contributed by atoms with E-state index >= 15 is 0 Å². The molecule has 1 aromatic carbocycles. The molecule has 0 bridgehead atoms. The Morgan fingerprint density at radius 1 is 1.07 bits per heavy atom. The van der Waals surface area contributed by atoms with Crippen LogP contribution in [0.3, 0.4) is 0 Å². The number of imide groups is 1. The molecule has 0 unspecified atom stereocenters. The molecule has 28 heavy (non-hydrogen) atoms. The van der Waals surface area contributed by atoms with E-state index in [-0.39, 0.29) is 25.7 Å². The maximum Gasteiger partial charge on any atom is 0.277 e. The van der Waals surface area contributed by atoms with Gasteiger partial charge in [0.2, 0.25) is 5.91 Å². The van der Waals surface area contributed by atoms with Gasteiger partial charge in [-0.25, -0.2) is 0 Å². The maximum atomic E-state index is 12.5. The molecule has 0 saturated carbocycles. The molecule has 0 aliphatic carbocycles. The first kappa shape index (κ1) is 17.9. The molecule has 4 rings (SSSR count). The van der Waals surface area contributed by atoms with E-state index in [0.29, 0.717) is 29.9 Å². The number of nitrogens with one attached hydrogen (secondary N) is 1. The molecule has 7 nitrogen and oxygen atoms in total. The second-order valence-electron chi connectivity index (χ2n) is 6.88. The lowest BCUT2D eigenvalue weighted by molar-refractivity contribution is -0.136. The second-order valence-corrected chi connectivity index (χ2v) is 6.88. The summed E-state index contributed by atoms with van der Waals surface area (Å²) in [5.74, 6) is -0.800. The molecule has 7 heteroatoms. The van der Waals surface area contributed by atoms with Gasteiger partial charge in [-0.05, 0) is 48.2 Å². The van der Waals surface area contributed by atoms with Crippen molar-refractivity contribution in [1.82, 2.24) is 14.8 Å². The van der Waals surface area contributed by atoms with Gasteiger partial charge in [0.1, 0.15) is 5.70 Å². The van der Waals surface area contributed by atoms with Crippen LogP contribution in [-0.4, -0.2) is 52.6 Å². The summed E-state index contributed by atoms with van der Waals surface area (Å²) < 4.78 is 0. The Balaban J connectivity index is 0.00000240. The molecule has 0 radical (unpaired) electrons. The molecule has 3 heterocycles. The number of benzene rings is 1. The van der Waals surface area contributed by atoms with Crippen molar-refractivity contribution < 1.29 is 15.8 Å². The Hall–Kier alpha value is -3.48. The molecular weight excluding hydrogens is 356 g/mol. The predicted octanol–water partition coefficient (Wildman–Crippen LogP) is 2.28. The van der Waals surface area contributed by atoms with E-state index in [1.165, 1.54) is 7.05 Å². The number of aromatic nitrogens is 1. The van der Waals surface area contributed by atoms with Crippen LogP contribution in [0.1, 0.15) is 14.3 Å². The second kappa shape index (κ2) is 7.26. The van der Waals surface area contributed by atoms with E-state index < -0.39 is 0 Å². The van der Waals surface area contributed by atoms with E-state index in [1.54, 1.807) is 17.3 Å². The first-order chi connectivity index (χ1) is 13.5. The van der Waals surface area contributed by atoms with Gasteiger partial charge >= 0.3 is 0 Å². The fraction of sp³-hybridized carbons (Fsp3) is 0.238. The standard InChI is InChI=1S/C21H20N4O3.H2/c1-24-20(27)17-3-2-12-25(19(17)21(24)28)13-18(26)23-16-6-4-14(5-7-16)15-8-10-22-11-9-15;/h4-11H,2-3,12-13H2,1H3,(H,23,26);1H. The van der Waals surface area contributed by atoms with Crippen molar-refractivity contribution in [2.45, 2.75) is 12.8 Å². The van der Waals surface area contributed by atoms with Crippen LogP contribution in [0.25, 0.3) is 11.1 Å². The molecule has 0 saturated heterocycles. The molecule has 1 aromatic heterocycles. The Labute approximate surface area is 164 Å². The summed E-state index contributed by atoms with van der Waals surface area (Å²) in [5.41, 5.74) is 3.66. The minimum Gasteiger partial charge on any atom is -0.357 e. The van der Waals surface area contributed by atoms with Crippen LogP contribution in [0.5, 0.6) is 0 Å². The van der Waals surface area contributed by atoms with Gasteiger partial charge in [0.25, 0.3) is 11.8 Å². The first-order valence-corrected chi connectivity index (χ1v) is 9.15. The third-order valence-corrected chi connectivity index (χ3v) is 5.04. The topological polar surface area (TPSA) is 82.6 Å². The number of nitrogens with zero attached hydrogens (tertiary/aromatic N) is 3. The highest BCUT2D eigenvalue weighted by atomic mass is 16.2. The Kier molecular flexibility index (Phi) is 4.65. The van der Waals surface area contributed by atoms with Crippen molar-refractivity contribution >= 4 is 23.4 Å². The van der Waals surface area contributed by atoms with Crippen LogP contribution in [0.4, 0.5) is 5.69 Å². The number of rotatable bonds is 4. The average Bonchev–Trinajstić information content (AvgIpc) is 2.94. The number of likely N-dealkylation sites (N-methyl/N-ethyl adjacent to an activating group) is 1. The van der Waals surface area contributed by atoms with Gasteiger partial charge in [0.05, 0.1) is 6.54 Å². The molecule has 2 aromatic rings. The van der Waals surface area contributed by atoms with E-state index in [0.717, 1.165) is 22.4 Å². The van der Waals surface area contributed by atoms with Gasteiger partial charge in [-0.2, -0.15) is 0 Å². The van der Waals surface area contributed by atoms with Gasteiger partial charge < -0.3 is 10.2 Å². The lowest BCUT2D eigenvalue weighted by Gasteiger charge is -2.28. The minimum atomic E-state index is -0.325. The fourth-order valence-corrected chi connectivity index (χ4v) is 3.62. The number of amides is 3. The SMILES string of the molecule is CN1C(=O)C2=C(C1=O)N(CC(=O)Nc1ccc(-c3ccncc3)cc1)CCC2.[HH]. The largest absolute Gasteiger partial charge is 0.357 e. The van der Waals surface area contributed by atoms with Crippen LogP contribution < -0.4 is 5.32 Å². The molecule has 0 fully saturated rings. The molecule has 0 atom stereocenters. The highest BCUT2D eigenvalue weighted by Gasteiger charge is 2.40. The zero-order valence-corrected chi connectivity index (χ0v) is 15.5. The minimum absolute atomic E-state index is 0. The smallest absolute Gasteiger partial charge is 0.277 e. The molecule has 3 amide bonds. The van der Waals surface area contributed by atoms with E-state index in [1.807, 2.05) is 36.4 Å². The van der Waals surface area contributed by atoms with Gasteiger partial charge in [-0.15, -0.1) is 0 Å². The maximum absolute atomic E-state index is 12.5. The molecule has 144 valence electrons. The number of carbonyl (C=O) groups excluding carboxylic acids is 3. The van der Waals surface area contributed by atoms with Crippen LogP contribution >= 0.6 is 0 Å². The van der Waals surface area contributed by atoms with Crippen molar-refractivity contribution in [2.75, 3.05) is 25.5 Å². The predicted molar refractivity (Wildman–Crippen MR) is 106 cm³/mol. The molecule has 0 spiro atoms. The normalized spacial score (nSPS) is 16.5. The Bertz CT molecular complexity index is 973. The van der Waals surface area contributed by atoms with Crippen molar-refractivity contribution in [3.8, 4) is 11.1 Å². The van der Waals surface area contributed by atoms with Crippen molar-refractivity contribution in [3.63, 3.8) is 0 Å². The third-order valence-electron chi connectivity index (χ3n) is 5.04. The van der Waals surface area contributed by atoms with E-state index in [4.69, 9.17) is 0 Å². The van der Waals surface area contributed by atoms with Crippen LogP contribution in [0.15, 0.2) is 60.1 Å². The van der Waals surface area contributed by atoms with Crippen molar-refractivity contribution in [2.24, 2.45) is 0 Å². The average molecular weight is 378 g/mol. The van der Waals surface area contributed by atoms with Gasteiger partial charge in [0.15, 0.2) is 0 Å². The summed E-state index contributed by atoms with van der Waals surface area (Å²) in [7, 11) is 1.48. The van der Waals surface area contributed by atoms with Gasteiger partial charge in [0, 0.05) is 38.7 Å². The molecule has 1 N–H and O–H groups in total. The molecule has 2 aliphatic heterocycles. The van der Waals surface area contributed by atoms with Crippen LogP contribution in [0.2, 0.25) is 0 Å². The summed E-state index contributed by atoms with van der Waals surface area (Å²) in [6.07, 6.45) is 4.80. The van der Waals surface area contributed by atoms with Gasteiger partial charge in [-0.3, -0.25) is 24.3 Å². The quantitative estimate of drug-likeness (QED) is 0.826. The monoisotopic (exact) mass is 378 g/mol. The first-order valence-electron chi connectivity index (χ1n) is 9.15. The van der Waals surface area contributed by atoms with Gasteiger partial charge in [-0.1, -0.05) is 12.1 Å². The van der Waals surface area contributed by atoms with Crippen molar-refractivity contribution in [1.29, 1.82) is 0 Å². The zero-order valence-electron chi connectivity index (χ0n) is 15.5. The highest BCUT2D eigenvalue weighted by Crippen LogP contribution is 2.30. The lowest BCUT2D eigenvalue weighted by Crippen LogP contribution is -2.38. The summed E-state index contributed by atoms with van der Waals surface area (Å²) >= 11 is 0. The Morgan fingerprint density at radius 3 is 2.46 bits per heavy atom. The number of hydrogen-bond donors (Lipinski definition) is 1. The van der Waals surface area contributed by atoms with Crippen LogP contribution in [0, 0.1) is 0 Å². The fourth-order valence-electron chi connectivity index (χ4n) is 3.62. The number of anilines is 1. The number of carbonyl (C=O) groups is 3. The van der Waals surface area contributed by atoms with Crippen molar-refractivity contribution in [3.05, 3.63) is 60.1 Å². The van der Waals surface area contributed by atoms with E-state index in [9.17, 15) is 14.4 Å². The number of pyridine rings is 1. The summed E-state index contributed by atoms with van der Waals surface area (Å²) in [6, 6.07) is 11.4. The van der Waals surface area contributed by atoms with Crippen LogP contribution in [-0.2, 0) is 14.4 Å². The highest BCUT2D eigenvalue weighted by molar-refractivity contribution is 6.19. The summed E-state index contributed by atoms with van der Waals surface area (Å²) in [5, 5.41) is 2.86. The number of hydrogen-bond acceptors (Lipinski definition) is 5. The van der Waals surface area contributed by atoms with E-state index in [2.05, 4.69) is 10.3 Å². The Morgan fingerprint density at radius 2 is 1.75 bits per heavy atom. The zero-order chi connectivity index (χ0) is 19.7. The third kappa shape index (κ3) is 3.26. The lowest BCUT2D eigenvalue weighted by atomic mass is 10.0. The summed E-state index contributed by atoms with van der Waals surface area (Å²) in [4.78, 5) is 43.8. The summed E-state index contributed by atoms with van der Waals surface area (Å²) in [6.45, 7) is 0.623. The molecular formula is C21H22N4O3.